The fraction of sp³-hybridized carbons (Fsp3) is 0.150. The van der Waals surface area contributed by atoms with Crippen LogP contribution >= 0.6 is 0 Å². The first kappa shape index (κ1) is 18.4. The van der Waals surface area contributed by atoms with E-state index in [0.717, 1.165) is 10.9 Å². The number of nitrogens with zero attached hydrogens (tertiary/aromatic N) is 4. The summed E-state index contributed by atoms with van der Waals surface area (Å²) in [7, 11) is 1.59. The van der Waals surface area contributed by atoms with Gasteiger partial charge in [-0.2, -0.15) is 4.80 Å². The summed E-state index contributed by atoms with van der Waals surface area (Å²) < 4.78 is 10.5. The van der Waals surface area contributed by atoms with E-state index in [9.17, 15) is 9.59 Å². The number of benzene rings is 2. The maximum absolute atomic E-state index is 12.0. The molecule has 1 N–H and O–H groups in total. The number of amides is 1. The molecule has 4 aromatic rings. The van der Waals surface area contributed by atoms with Gasteiger partial charge in [0.1, 0.15) is 11.3 Å². The van der Waals surface area contributed by atoms with Crippen molar-refractivity contribution < 1.29 is 13.9 Å². The number of carbonyl (C=O) groups excluding carboxylic acids is 1. The van der Waals surface area contributed by atoms with Gasteiger partial charge in [0.25, 0.3) is 0 Å². The maximum atomic E-state index is 12.0. The lowest BCUT2D eigenvalue weighted by Crippen LogP contribution is -2.09. The monoisotopic (exact) mass is 391 g/mol. The van der Waals surface area contributed by atoms with E-state index in [4.69, 9.17) is 9.15 Å². The van der Waals surface area contributed by atoms with Gasteiger partial charge >= 0.3 is 5.63 Å². The van der Waals surface area contributed by atoms with Gasteiger partial charge in [-0.25, -0.2) is 4.79 Å². The Balaban J connectivity index is 1.66. The van der Waals surface area contributed by atoms with Crippen molar-refractivity contribution in [3.63, 3.8) is 0 Å². The van der Waals surface area contributed by atoms with Crippen LogP contribution < -0.4 is 15.7 Å². The van der Waals surface area contributed by atoms with Gasteiger partial charge in [0.15, 0.2) is 0 Å². The van der Waals surface area contributed by atoms with Gasteiger partial charge in [0, 0.05) is 35.7 Å². The second-order valence-corrected chi connectivity index (χ2v) is 6.36. The lowest BCUT2D eigenvalue weighted by Gasteiger charge is -2.07. The van der Waals surface area contributed by atoms with Gasteiger partial charge in [0.05, 0.1) is 13.7 Å². The number of carbonyl (C=O) groups is 1. The Morgan fingerprint density at radius 3 is 2.86 bits per heavy atom. The number of hydrogen-bond donors (Lipinski definition) is 1. The van der Waals surface area contributed by atoms with E-state index in [1.165, 1.54) is 17.8 Å². The number of ether oxygens (including phenoxy) is 1. The number of rotatable bonds is 5. The lowest BCUT2D eigenvalue weighted by atomic mass is 10.1. The highest BCUT2D eigenvalue weighted by atomic mass is 16.5. The zero-order chi connectivity index (χ0) is 20.4. The SMILES string of the molecule is COc1cccc(-c2nnn(Cc3cc(=O)oc4cc(NC(C)=O)ccc34)n2)c1. The predicted molar refractivity (Wildman–Crippen MR) is 106 cm³/mol. The van der Waals surface area contributed by atoms with Crippen molar-refractivity contribution in [1.29, 1.82) is 0 Å². The summed E-state index contributed by atoms with van der Waals surface area (Å²) >= 11 is 0. The summed E-state index contributed by atoms with van der Waals surface area (Å²) in [4.78, 5) is 24.6. The highest BCUT2D eigenvalue weighted by Crippen LogP contribution is 2.23. The lowest BCUT2D eigenvalue weighted by molar-refractivity contribution is -0.114. The Morgan fingerprint density at radius 2 is 2.07 bits per heavy atom. The summed E-state index contributed by atoms with van der Waals surface area (Å²) in [6.45, 7) is 1.64. The van der Waals surface area contributed by atoms with E-state index in [-0.39, 0.29) is 12.5 Å². The van der Waals surface area contributed by atoms with Gasteiger partial charge < -0.3 is 14.5 Å². The second kappa shape index (κ2) is 7.55. The van der Waals surface area contributed by atoms with Crippen LogP contribution in [-0.4, -0.2) is 33.2 Å². The van der Waals surface area contributed by atoms with Crippen molar-refractivity contribution in [2.24, 2.45) is 0 Å². The van der Waals surface area contributed by atoms with E-state index in [0.29, 0.717) is 28.4 Å². The Morgan fingerprint density at radius 1 is 1.21 bits per heavy atom. The second-order valence-electron chi connectivity index (χ2n) is 6.36. The summed E-state index contributed by atoms with van der Waals surface area (Å²) in [6, 6.07) is 13.9. The standard InChI is InChI=1S/C20H17N5O4/c1-12(26)21-15-6-7-17-14(9-19(27)29-18(17)10-15)11-25-23-20(22-24-25)13-4-3-5-16(8-13)28-2/h3-10H,11H2,1-2H3,(H,21,26). The fourth-order valence-corrected chi connectivity index (χ4v) is 2.98. The average Bonchev–Trinajstić information content (AvgIpc) is 3.15. The van der Waals surface area contributed by atoms with Crippen LogP contribution in [0.4, 0.5) is 5.69 Å². The molecule has 146 valence electrons. The first-order valence-corrected chi connectivity index (χ1v) is 8.78. The molecule has 0 saturated heterocycles. The minimum absolute atomic E-state index is 0.209. The molecule has 29 heavy (non-hydrogen) atoms. The third-order valence-corrected chi connectivity index (χ3v) is 4.24. The van der Waals surface area contributed by atoms with Gasteiger partial charge in [0.2, 0.25) is 11.7 Å². The Kier molecular flexibility index (Phi) is 4.78. The molecule has 1 amide bonds. The number of anilines is 1. The normalized spacial score (nSPS) is 10.8. The van der Waals surface area contributed by atoms with Gasteiger partial charge in [-0.05, 0) is 35.0 Å². The first-order chi connectivity index (χ1) is 14.0. The smallest absolute Gasteiger partial charge is 0.336 e. The molecular formula is C20H17N5O4. The molecule has 0 radical (unpaired) electrons. The number of aromatic nitrogens is 4. The number of fused-ring (bicyclic) bond motifs is 1. The first-order valence-electron chi connectivity index (χ1n) is 8.78. The summed E-state index contributed by atoms with van der Waals surface area (Å²) in [5.74, 6) is 0.935. The van der Waals surface area contributed by atoms with Gasteiger partial charge in [-0.15, -0.1) is 10.2 Å². The molecule has 0 fully saturated rings. The number of hydrogen-bond acceptors (Lipinski definition) is 7. The predicted octanol–water partition coefficient (Wildman–Crippen LogP) is 2.46. The number of nitrogens with one attached hydrogen (secondary N) is 1. The van der Waals surface area contributed by atoms with E-state index < -0.39 is 5.63 Å². The Bertz CT molecular complexity index is 1260. The van der Waals surface area contributed by atoms with E-state index in [2.05, 4.69) is 20.7 Å². The van der Waals surface area contributed by atoms with Crippen LogP contribution in [0.25, 0.3) is 22.4 Å². The molecule has 4 rings (SSSR count). The highest BCUT2D eigenvalue weighted by Gasteiger charge is 2.11. The van der Waals surface area contributed by atoms with Gasteiger partial charge in [-0.3, -0.25) is 4.79 Å². The third kappa shape index (κ3) is 3.98. The minimum atomic E-state index is -0.499. The van der Waals surface area contributed by atoms with Crippen LogP contribution in [0.2, 0.25) is 0 Å². The molecule has 9 heteroatoms. The van der Waals surface area contributed by atoms with Crippen LogP contribution in [0.3, 0.4) is 0 Å². The van der Waals surface area contributed by atoms with Crippen molar-refractivity contribution >= 4 is 22.6 Å². The molecule has 2 aromatic carbocycles. The van der Waals surface area contributed by atoms with E-state index >= 15 is 0 Å². The van der Waals surface area contributed by atoms with Crippen molar-refractivity contribution in [3.8, 4) is 17.1 Å². The van der Waals surface area contributed by atoms with Crippen molar-refractivity contribution in [1.82, 2.24) is 20.2 Å². The van der Waals surface area contributed by atoms with Crippen LogP contribution in [0, 0.1) is 0 Å². The topological polar surface area (TPSA) is 112 Å². The van der Waals surface area contributed by atoms with Crippen LogP contribution in [0.1, 0.15) is 12.5 Å². The maximum Gasteiger partial charge on any atom is 0.336 e. The molecule has 0 aliphatic carbocycles. The molecule has 0 spiro atoms. The van der Waals surface area contributed by atoms with Crippen LogP contribution in [0.15, 0.2) is 57.7 Å². The molecule has 0 bridgehead atoms. The molecule has 2 aromatic heterocycles. The van der Waals surface area contributed by atoms with Crippen molar-refractivity contribution in [3.05, 3.63) is 64.5 Å². The summed E-state index contributed by atoms with van der Waals surface area (Å²) in [6.07, 6.45) is 0. The molecule has 0 aliphatic heterocycles. The fourth-order valence-electron chi connectivity index (χ4n) is 2.98. The molecular weight excluding hydrogens is 374 g/mol. The Labute approximate surface area is 164 Å². The van der Waals surface area contributed by atoms with Gasteiger partial charge in [-0.1, -0.05) is 12.1 Å². The Hall–Kier alpha value is -4.01. The minimum Gasteiger partial charge on any atom is -0.497 e. The zero-order valence-electron chi connectivity index (χ0n) is 15.7. The molecule has 0 aliphatic rings. The molecule has 2 heterocycles. The van der Waals surface area contributed by atoms with E-state index in [1.54, 1.807) is 25.3 Å². The van der Waals surface area contributed by atoms with E-state index in [1.807, 2.05) is 24.3 Å². The largest absolute Gasteiger partial charge is 0.497 e. The summed E-state index contributed by atoms with van der Waals surface area (Å²) in [5.41, 5.74) is 1.87. The molecule has 9 nitrogen and oxygen atoms in total. The van der Waals surface area contributed by atoms with Crippen molar-refractivity contribution in [2.75, 3.05) is 12.4 Å². The number of tetrazole rings is 1. The van der Waals surface area contributed by atoms with Crippen LogP contribution in [0.5, 0.6) is 5.75 Å². The molecule has 0 atom stereocenters. The third-order valence-electron chi connectivity index (χ3n) is 4.24. The zero-order valence-corrected chi connectivity index (χ0v) is 15.7. The molecule has 0 unspecified atom stereocenters. The molecule has 0 saturated carbocycles. The summed E-state index contributed by atoms with van der Waals surface area (Å²) in [5, 5.41) is 15.9. The highest BCUT2D eigenvalue weighted by molar-refractivity contribution is 5.92. The van der Waals surface area contributed by atoms with Crippen LogP contribution in [-0.2, 0) is 11.3 Å². The average molecular weight is 391 g/mol. The number of methoxy groups -OCH3 is 1. The van der Waals surface area contributed by atoms with Crippen molar-refractivity contribution in [2.45, 2.75) is 13.5 Å². The quantitative estimate of drug-likeness (QED) is 0.520.